The molecule has 0 fully saturated rings. The predicted octanol–water partition coefficient (Wildman–Crippen LogP) is 4.41. The largest absolute Gasteiger partial charge is 0.494 e. The van der Waals surface area contributed by atoms with Crippen LogP contribution in [0.1, 0.15) is 18.9 Å². The summed E-state index contributed by atoms with van der Waals surface area (Å²) in [6, 6.07) is 13.2. The molecular formula is C18H20INO3. The van der Waals surface area contributed by atoms with Crippen LogP contribution in [0.3, 0.4) is 0 Å². The second-order valence-electron chi connectivity index (χ2n) is 5.12. The quantitative estimate of drug-likeness (QED) is 0.669. The zero-order chi connectivity index (χ0) is 16.7. The number of rotatable bonds is 7. The van der Waals surface area contributed by atoms with Gasteiger partial charge in [0.15, 0.2) is 6.61 Å². The first-order chi connectivity index (χ1) is 11.1. The van der Waals surface area contributed by atoms with Crippen LogP contribution in [-0.4, -0.2) is 19.1 Å². The van der Waals surface area contributed by atoms with Gasteiger partial charge in [0, 0.05) is 9.26 Å². The topological polar surface area (TPSA) is 47.6 Å². The van der Waals surface area contributed by atoms with Crippen molar-refractivity contribution in [2.24, 2.45) is 0 Å². The van der Waals surface area contributed by atoms with E-state index in [1.807, 2.05) is 49.4 Å². The molecule has 2 rings (SSSR count). The molecule has 0 spiro atoms. The van der Waals surface area contributed by atoms with Gasteiger partial charge in [0.2, 0.25) is 0 Å². The lowest BCUT2D eigenvalue weighted by Crippen LogP contribution is -2.20. The molecule has 0 saturated carbocycles. The van der Waals surface area contributed by atoms with Crippen LogP contribution in [0.4, 0.5) is 5.69 Å². The van der Waals surface area contributed by atoms with Crippen molar-refractivity contribution in [2.75, 3.05) is 18.5 Å². The molecule has 2 aromatic carbocycles. The van der Waals surface area contributed by atoms with Crippen molar-refractivity contribution in [1.29, 1.82) is 0 Å². The lowest BCUT2D eigenvalue weighted by molar-refractivity contribution is -0.118. The molecule has 2 aromatic rings. The zero-order valence-electron chi connectivity index (χ0n) is 13.3. The second kappa shape index (κ2) is 8.76. The average Bonchev–Trinajstić information content (AvgIpc) is 2.54. The second-order valence-corrected chi connectivity index (χ2v) is 6.36. The van der Waals surface area contributed by atoms with Crippen molar-refractivity contribution in [2.45, 2.75) is 20.3 Å². The third kappa shape index (κ3) is 5.74. The fraction of sp³-hybridized carbons (Fsp3) is 0.278. The Balaban J connectivity index is 1.88. The van der Waals surface area contributed by atoms with Gasteiger partial charge in [0.25, 0.3) is 5.91 Å². The van der Waals surface area contributed by atoms with E-state index in [9.17, 15) is 4.79 Å². The molecule has 0 heterocycles. The van der Waals surface area contributed by atoms with Gasteiger partial charge in [0.1, 0.15) is 11.5 Å². The van der Waals surface area contributed by atoms with Gasteiger partial charge in [-0.1, -0.05) is 6.92 Å². The summed E-state index contributed by atoms with van der Waals surface area (Å²) < 4.78 is 12.2. The van der Waals surface area contributed by atoms with Gasteiger partial charge in [0.05, 0.1) is 6.61 Å². The first kappa shape index (κ1) is 17.6. The minimum absolute atomic E-state index is 0.0197. The SMILES string of the molecule is CCCOc1ccc(NC(=O)COc2ccc(I)cc2)c(C)c1. The fourth-order valence-electron chi connectivity index (χ4n) is 1.95. The van der Waals surface area contributed by atoms with E-state index in [2.05, 4.69) is 34.8 Å². The molecule has 5 heteroatoms. The fourth-order valence-corrected chi connectivity index (χ4v) is 2.31. The average molecular weight is 425 g/mol. The van der Waals surface area contributed by atoms with Gasteiger partial charge in [-0.15, -0.1) is 0 Å². The van der Waals surface area contributed by atoms with E-state index in [0.717, 1.165) is 27.0 Å². The molecule has 1 amide bonds. The maximum absolute atomic E-state index is 12.0. The number of hydrogen-bond donors (Lipinski definition) is 1. The Hall–Kier alpha value is -1.76. The van der Waals surface area contributed by atoms with E-state index in [1.165, 1.54) is 0 Å². The molecule has 0 saturated heterocycles. The summed E-state index contributed by atoms with van der Waals surface area (Å²) in [5, 5.41) is 2.85. The monoisotopic (exact) mass is 425 g/mol. The van der Waals surface area contributed by atoms with E-state index >= 15 is 0 Å². The minimum atomic E-state index is -0.186. The number of amides is 1. The van der Waals surface area contributed by atoms with Crippen molar-refractivity contribution in [3.63, 3.8) is 0 Å². The van der Waals surface area contributed by atoms with Gasteiger partial charge in [-0.3, -0.25) is 4.79 Å². The lowest BCUT2D eigenvalue weighted by atomic mass is 10.2. The highest BCUT2D eigenvalue weighted by atomic mass is 127. The lowest BCUT2D eigenvalue weighted by Gasteiger charge is -2.11. The third-order valence-corrected chi connectivity index (χ3v) is 3.85. The number of aryl methyl sites for hydroxylation is 1. The molecule has 0 aliphatic carbocycles. The molecule has 122 valence electrons. The summed E-state index contributed by atoms with van der Waals surface area (Å²) in [4.78, 5) is 12.0. The highest BCUT2D eigenvalue weighted by Crippen LogP contribution is 2.21. The maximum Gasteiger partial charge on any atom is 0.262 e. The predicted molar refractivity (Wildman–Crippen MR) is 100 cm³/mol. The minimum Gasteiger partial charge on any atom is -0.494 e. The summed E-state index contributed by atoms with van der Waals surface area (Å²) in [6.07, 6.45) is 0.966. The molecule has 0 bridgehead atoms. The maximum atomic E-state index is 12.0. The van der Waals surface area contributed by atoms with Crippen molar-refractivity contribution in [3.8, 4) is 11.5 Å². The van der Waals surface area contributed by atoms with Gasteiger partial charge in [-0.2, -0.15) is 0 Å². The van der Waals surface area contributed by atoms with Crippen LogP contribution in [0.2, 0.25) is 0 Å². The van der Waals surface area contributed by atoms with E-state index in [4.69, 9.17) is 9.47 Å². The molecule has 0 unspecified atom stereocenters. The Morgan fingerprint density at radius 1 is 1.09 bits per heavy atom. The van der Waals surface area contributed by atoms with Crippen LogP contribution < -0.4 is 14.8 Å². The summed E-state index contributed by atoms with van der Waals surface area (Å²) >= 11 is 2.22. The Bertz CT molecular complexity index is 656. The molecular weight excluding hydrogens is 405 g/mol. The number of carbonyl (C=O) groups is 1. The summed E-state index contributed by atoms with van der Waals surface area (Å²) in [5.74, 6) is 1.31. The molecule has 0 aromatic heterocycles. The van der Waals surface area contributed by atoms with Gasteiger partial charge < -0.3 is 14.8 Å². The number of ether oxygens (including phenoxy) is 2. The summed E-state index contributed by atoms with van der Waals surface area (Å²) in [7, 11) is 0. The first-order valence-corrected chi connectivity index (χ1v) is 8.58. The Labute approximate surface area is 150 Å². The number of anilines is 1. The molecule has 23 heavy (non-hydrogen) atoms. The van der Waals surface area contributed by atoms with Crippen LogP contribution in [0.5, 0.6) is 11.5 Å². The number of carbonyl (C=O) groups excluding carboxylic acids is 1. The van der Waals surface area contributed by atoms with Gasteiger partial charge >= 0.3 is 0 Å². The van der Waals surface area contributed by atoms with Crippen LogP contribution in [-0.2, 0) is 4.79 Å². The Kier molecular flexibility index (Phi) is 6.70. The highest BCUT2D eigenvalue weighted by molar-refractivity contribution is 14.1. The van der Waals surface area contributed by atoms with Gasteiger partial charge in [-0.05, 0) is 84.0 Å². The van der Waals surface area contributed by atoms with Gasteiger partial charge in [-0.25, -0.2) is 0 Å². The molecule has 4 nitrogen and oxygen atoms in total. The zero-order valence-corrected chi connectivity index (χ0v) is 15.4. The number of halogens is 1. The molecule has 0 atom stereocenters. The smallest absolute Gasteiger partial charge is 0.262 e. The summed E-state index contributed by atoms with van der Waals surface area (Å²) in [5.41, 5.74) is 1.73. The van der Waals surface area contributed by atoms with Crippen molar-refractivity contribution >= 4 is 34.2 Å². The highest BCUT2D eigenvalue weighted by Gasteiger charge is 2.07. The number of hydrogen-bond acceptors (Lipinski definition) is 3. The Morgan fingerprint density at radius 3 is 2.43 bits per heavy atom. The molecule has 0 aliphatic heterocycles. The third-order valence-electron chi connectivity index (χ3n) is 3.13. The van der Waals surface area contributed by atoms with Crippen molar-refractivity contribution in [1.82, 2.24) is 0 Å². The Morgan fingerprint density at radius 2 is 1.78 bits per heavy atom. The normalized spacial score (nSPS) is 10.2. The van der Waals surface area contributed by atoms with Crippen LogP contribution in [0, 0.1) is 10.5 Å². The van der Waals surface area contributed by atoms with Crippen LogP contribution >= 0.6 is 22.6 Å². The molecule has 1 N–H and O–H groups in total. The standard InChI is InChI=1S/C18H20INO3/c1-3-10-22-16-8-9-17(13(2)11-16)20-18(21)12-23-15-6-4-14(19)5-7-15/h4-9,11H,3,10,12H2,1-2H3,(H,20,21). The van der Waals surface area contributed by atoms with E-state index in [0.29, 0.717) is 12.4 Å². The van der Waals surface area contributed by atoms with E-state index < -0.39 is 0 Å². The van der Waals surface area contributed by atoms with E-state index in [-0.39, 0.29) is 12.5 Å². The van der Waals surface area contributed by atoms with Crippen LogP contribution in [0.25, 0.3) is 0 Å². The van der Waals surface area contributed by atoms with Crippen molar-refractivity contribution in [3.05, 3.63) is 51.6 Å². The van der Waals surface area contributed by atoms with Crippen molar-refractivity contribution < 1.29 is 14.3 Å². The first-order valence-electron chi connectivity index (χ1n) is 7.50. The number of nitrogens with one attached hydrogen (secondary N) is 1. The molecule has 0 aliphatic rings. The number of benzene rings is 2. The van der Waals surface area contributed by atoms with Crippen LogP contribution in [0.15, 0.2) is 42.5 Å². The summed E-state index contributed by atoms with van der Waals surface area (Å²) in [6.45, 7) is 4.67. The molecule has 0 radical (unpaired) electrons. The van der Waals surface area contributed by atoms with E-state index in [1.54, 1.807) is 0 Å².